The molecule has 0 spiro atoms. The summed E-state index contributed by atoms with van der Waals surface area (Å²) in [6.07, 6.45) is 5.99. The number of nitrogens with zero attached hydrogens (tertiary/aromatic N) is 2. The predicted octanol–water partition coefficient (Wildman–Crippen LogP) is 5.07. The molecule has 1 aliphatic heterocycles. The average Bonchev–Trinajstić information content (AvgIpc) is 2.93. The summed E-state index contributed by atoms with van der Waals surface area (Å²) in [5.41, 5.74) is 1.64. The number of thiazole rings is 1. The number of aryl methyl sites for hydroxylation is 1. The van der Waals surface area contributed by atoms with Crippen LogP contribution in [0.25, 0.3) is 0 Å². The Morgan fingerprint density at radius 3 is 3.00 bits per heavy atom. The normalized spacial score (nSPS) is 17.8. The quantitative estimate of drug-likeness (QED) is 0.711. The SMILES string of the molecule is CCCC1CCCN(C(=O)c2cccc(OCc3csc(C)n3)c2)CC1. The van der Waals surface area contributed by atoms with Crippen LogP contribution in [0.4, 0.5) is 0 Å². The minimum atomic E-state index is 0.122. The molecule has 1 amide bonds. The van der Waals surface area contributed by atoms with E-state index in [0.717, 1.165) is 48.3 Å². The van der Waals surface area contributed by atoms with Gasteiger partial charge < -0.3 is 9.64 Å². The lowest BCUT2D eigenvalue weighted by atomic mass is 9.96. The van der Waals surface area contributed by atoms with Gasteiger partial charge in [-0.05, 0) is 50.3 Å². The minimum absolute atomic E-state index is 0.122. The first-order valence-electron chi connectivity index (χ1n) is 9.59. The van der Waals surface area contributed by atoms with Crippen molar-refractivity contribution in [1.82, 2.24) is 9.88 Å². The molecule has 2 aromatic rings. The fraction of sp³-hybridized carbons (Fsp3) is 0.524. The second-order valence-electron chi connectivity index (χ2n) is 7.05. The minimum Gasteiger partial charge on any atom is -0.487 e. The highest BCUT2D eigenvalue weighted by Crippen LogP contribution is 2.24. The highest BCUT2D eigenvalue weighted by molar-refractivity contribution is 7.09. The third-order valence-corrected chi connectivity index (χ3v) is 5.79. The maximum Gasteiger partial charge on any atom is 0.253 e. The summed E-state index contributed by atoms with van der Waals surface area (Å²) in [6.45, 7) is 6.39. The lowest BCUT2D eigenvalue weighted by Crippen LogP contribution is -2.32. The van der Waals surface area contributed by atoms with Gasteiger partial charge in [-0.2, -0.15) is 0 Å². The van der Waals surface area contributed by atoms with Gasteiger partial charge in [0.1, 0.15) is 12.4 Å². The number of benzene rings is 1. The number of ether oxygens (including phenoxy) is 1. The summed E-state index contributed by atoms with van der Waals surface area (Å²) in [6, 6.07) is 7.54. The number of aromatic nitrogens is 1. The number of hydrogen-bond donors (Lipinski definition) is 0. The molecule has 3 rings (SSSR count). The number of hydrogen-bond acceptors (Lipinski definition) is 4. The fourth-order valence-corrected chi connectivity index (χ4v) is 4.20. The van der Waals surface area contributed by atoms with Crippen LogP contribution in [0, 0.1) is 12.8 Å². The molecule has 1 fully saturated rings. The molecule has 2 heterocycles. The van der Waals surface area contributed by atoms with Gasteiger partial charge in [0.2, 0.25) is 0 Å². The van der Waals surface area contributed by atoms with Crippen molar-refractivity contribution in [3.05, 3.63) is 45.9 Å². The molecule has 0 N–H and O–H groups in total. The van der Waals surface area contributed by atoms with Crippen molar-refractivity contribution in [2.24, 2.45) is 5.92 Å². The smallest absolute Gasteiger partial charge is 0.253 e. The van der Waals surface area contributed by atoms with Gasteiger partial charge in [0.05, 0.1) is 10.7 Å². The lowest BCUT2D eigenvalue weighted by Gasteiger charge is -2.21. The van der Waals surface area contributed by atoms with E-state index in [2.05, 4.69) is 11.9 Å². The van der Waals surface area contributed by atoms with Gasteiger partial charge in [0.25, 0.3) is 5.91 Å². The van der Waals surface area contributed by atoms with Gasteiger partial charge in [0.15, 0.2) is 0 Å². The maximum absolute atomic E-state index is 12.9. The third-order valence-electron chi connectivity index (χ3n) is 4.97. The van der Waals surface area contributed by atoms with Crippen molar-refractivity contribution in [2.45, 2.75) is 52.6 Å². The maximum atomic E-state index is 12.9. The number of rotatable bonds is 6. The van der Waals surface area contributed by atoms with Crippen LogP contribution in [0.15, 0.2) is 29.6 Å². The second-order valence-corrected chi connectivity index (χ2v) is 8.11. The van der Waals surface area contributed by atoms with Crippen molar-refractivity contribution in [2.75, 3.05) is 13.1 Å². The second kappa shape index (κ2) is 9.17. The molecule has 0 aliphatic carbocycles. The highest BCUT2D eigenvalue weighted by atomic mass is 32.1. The van der Waals surface area contributed by atoms with Gasteiger partial charge in [-0.3, -0.25) is 4.79 Å². The van der Waals surface area contributed by atoms with E-state index in [1.807, 2.05) is 41.5 Å². The van der Waals surface area contributed by atoms with Gasteiger partial charge in [-0.1, -0.05) is 25.8 Å². The zero-order valence-electron chi connectivity index (χ0n) is 15.7. The van der Waals surface area contributed by atoms with Crippen molar-refractivity contribution >= 4 is 17.2 Å². The molecule has 0 bridgehead atoms. The van der Waals surface area contributed by atoms with E-state index < -0.39 is 0 Å². The summed E-state index contributed by atoms with van der Waals surface area (Å²) < 4.78 is 5.83. The van der Waals surface area contributed by atoms with Crippen molar-refractivity contribution in [3.63, 3.8) is 0 Å². The molecule has 1 aromatic heterocycles. The Morgan fingerprint density at radius 1 is 1.35 bits per heavy atom. The van der Waals surface area contributed by atoms with Crippen LogP contribution in [-0.4, -0.2) is 28.9 Å². The third kappa shape index (κ3) is 5.07. The molecule has 140 valence electrons. The Hall–Kier alpha value is -1.88. The lowest BCUT2D eigenvalue weighted by molar-refractivity contribution is 0.0759. The standard InChI is InChI=1S/C21H28N2O2S/c1-3-6-17-7-5-11-23(12-10-17)21(24)18-8-4-9-20(13-18)25-14-19-15-26-16(2)22-19/h4,8-9,13,15,17H,3,5-7,10-12,14H2,1-2H3. The van der Waals surface area contributed by atoms with E-state index in [0.29, 0.717) is 12.2 Å². The predicted molar refractivity (Wildman–Crippen MR) is 106 cm³/mol. The number of amides is 1. The van der Waals surface area contributed by atoms with Gasteiger partial charge in [0, 0.05) is 24.0 Å². The zero-order chi connectivity index (χ0) is 18.4. The summed E-state index contributed by atoms with van der Waals surface area (Å²) >= 11 is 1.62. The topological polar surface area (TPSA) is 42.4 Å². The Morgan fingerprint density at radius 2 is 2.23 bits per heavy atom. The van der Waals surface area contributed by atoms with E-state index in [1.54, 1.807) is 11.3 Å². The van der Waals surface area contributed by atoms with Gasteiger partial charge in [-0.15, -0.1) is 11.3 Å². The average molecular weight is 373 g/mol. The Balaban J connectivity index is 1.60. The van der Waals surface area contributed by atoms with E-state index >= 15 is 0 Å². The van der Waals surface area contributed by atoms with Crippen molar-refractivity contribution in [3.8, 4) is 5.75 Å². The fourth-order valence-electron chi connectivity index (χ4n) is 3.60. The van der Waals surface area contributed by atoms with E-state index in [1.165, 1.54) is 19.3 Å². The molecule has 0 saturated carbocycles. The summed E-state index contributed by atoms with van der Waals surface area (Å²) in [7, 11) is 0. The van der Waals surface area contributed by atoms with E-state index in [9.17, 15) is 4.79 Å². The van der Waals surface area contributed by atoms with Gasteiger partial charge in [-0.25, -0.2) is 4.98 Å². The van der Waals surface area contributed by atoms with Crippen molar-refractivity contribution in [1.29, 1.82) is 0 Å². The molecule has 1 unspecified atom stereocenters. The number of likely N-dealkylation sites (tertiary alicyclic amines) is 1. The molecule has 1 aliphatic rings. The van der Waals surface area contributed by atoms with Crippen LogP contribution >= 0.6 is 11.3 Å². The van der Waals surface area contributed by atoms with Crippen LogP contribution in [-0.2, 0) is 6.61 Å². The van der Waals surface area contributed by atoms with Crippen molar-refractivity contribution < 1.29 is 9.53 Å². The summed E-state index contributed by atoms with van der Waals surface area (Å²) in [5, 5.41) is 3.05. The summed E-state index contributed by atoms with van der Waals surface area (Å²) in [5.74, 6) is 1.62. The largest absolute Gasteiger partial charge is 0.487 e. The zero-order valence-corrected chi connectivity index (χ0v) is 16.6. The highest BCUT2D eigenvalue weighted by Gasteiger charge is 2.21. The van der Waals surface area contributed by atoms with Crippen LogP contribution in [0.1, 0.15) is 60.1 Å². The first kappa shape index (κ1) is 18.9. The van der Waals surface area contributed by atoms with Gasteiger partial charge >= 0.3 is 0 Å². The van der Waals surface area contributed by atoms with E-state index in [4.69, 9.17) is 4.74 Å². The molecule has 26 heavy (non-hydrogen) atoms. The van der Waals surface area contributed by atoms with Crippen LogP contribution in [0.3, 0.4) is 0 Å². The number of carbonyl (C=O) groups is 1. The monoisotopic (exact) mass is 372 g/mol. The molecule has 1 saturated heterocycles. The molecule has 1 aromatic carbocycles. The first-order valence-corrected chi connectivity index (χ1v) is 10.5. The molecule has 1 atom stereocenters. The molecular formula is C21H28N2O2S. The van der Waals surface area contributed by atoms with Crippen LogP contribution < -0.4 is 4.74 Å². The Labute approximate surface area is 160 Å². The first-order chi connectivity index (χ1) is 12.7. The number of carbonyl (C=O) groups excluding carboxylic acids is 1. The molecule has 0 radical (unpaired) electrons. The molecular weight excluding hydrogens is 344 g/mol. The summed E-state index contributed by atoms with van der Waals surface area (Å²) in [4.78, 5) is 19.3. The van der Waals surface area contributed by atoms with E-state index in [-0.39, 0.29) is 5.91 Å². The Kier molecular flexibility index (Phi) is 6.67. The van der Waals surface area contributed by atoms with Crippen LogP contribution in [0.2, 0.25) is 0 Å². The Bertz CT molecular complexity index is 728. The van der Waals surface area contributed by atoms with Crippen LogP contribution in [0.5, 0.6) is 5.75 Å². The molecule has 4 nitrogen and oxygen atoms in total. The molecule has 5 heteroatoms.